The van der Waals surface area contributed by atoms with Crippen LogP contribution in [0.15, 0.2) is 42.5 Å². The predicted molar refractivity (Wildman–Crippen MR) is 126 cm³/mol. The van der Waals surface area contributed by atoms with E-state index in [0.717, 1.165) is 43.5 Å². The van der Waals surface area contributed by atoms with E-state index >= 15 is 0 Å². The molecular weight excluding hydrogens is 384 g/mol. The van der Waals surface area contributed by atoms with Gasteiger partial charge in [0.05, 0.1) is 24.2 Å². The minimum atomic E-state index is -0.464. The third-order valence-corrected chi connectivity index (χ3v) is 6.45. The average Bonchev–Trinajstić information content (AvgIpc) is 2.76. The van der Waals surface area contributed by atoms with Crippen molar-refractivity contribution >= 4 is 5.97 Å². The minimum absolute atomic E-state index is 0.242. The van der Waals surface area contributed by atoms with E-state index in [-0.39, 0.29) is 11.9 Å². The van der Waals surface area contributed by atoms with Crippen LogP contribution in [0, 0.1) is 31.1 Å². The van der Waals surface area contributed by atoms with Crippen LogP contribution >= 0.6 is 0 Å². The lowest BCUT2D eigenvalue weighted by Crippen LogP contribution is -2.32. The third-order valence-electron chi connectivity index (χ3n) is 6.45. The molecule has 0 spiro atoms. The van der Waals surface area contributed by atoms with E-state index in [9.17, 15) is 10.1 Å². The highest BCUT2D eigenvalue weighted by atomic mass is 16.5. The lowest BCUT2D eigenvalue weighted by atomic mass is 9.69. The van der Waals surface area contributed by atoms with Gasteiger partial charge in [-0.2, -0.15) is 5.26 Å². The topological polar surface area (TPSA) is 53.3 Å². The van der Waals surface area contributed by atoms with E-state index in [1.165, 1.54) is 18.2 Å². The number of hydrogen-bond donors (Lipinski definition) is 0. The van der Waals surface area contributed by atoms with Crippen LogP contribution in [0.25, 0.3) is 0 Å². The second kappa shape index (κ2) is 11.1. The van der Waals surface area contributed by atoms with Gasteiger partial charge in [-0.25, -0.2) is 4.79 Å². The zero-order valence-corrected chi connectivity index (χ0v) is 19.9. The number of nitrogens with zero attached hydrogens (tertiary/aromatic N) is 2. The van der Waals surface area contributed by atoms with Gasteiger partial charge in [0.2, 0.25) is 0 Å². The van der Waals surface area contributed by atoms with Crippen molar-refractivity contribution in [3.8, 4) is 6.07 Å². The van der Waals surface area contributed by atoms with Crippen LogP contribution in [0.3, 0.4) is 0 Å². The van der Waals surface area contributed by atoms with E-state index in [0.29, 0.717) is 5.56 Å². The summed E-state index contributed by atoms with van der Waals surface area (Å²) in [5.41, 5.74) is 4.88. The Morgan fingerprint density at radius 1 is 1.13 bits per heavy atom. The summed E-state index contributed by atoms with van der Waals surface area (Å²) in [6.45, 7) is 10.3. The molecule has 0 aliphatic carbocycles. The third kappa shape index (κ3) is 6.18. The van der Waals surface area contributed by atoms with Crippen molar-refractivity contribution in [3.05, 3.63) is 70.3 Å². The van der Waals surface area contributed by atoms with Gasteiger partial charge in [-0.3, -0.25) is 0 Å². The number of aryl methyl sites for hydroxylation is 2. The summed E-state index contributed by atoms with van der Waals surface area (Å²) >= 11 is 0. The molecule has 31 heavy (non-hydrogen) atoms. The Hall–Kier alpha value is -2.64. The summed E-state index contributed by atoms with van der Waals surface area (Å²) in [7, 11) is 3.52. The van der Waals surface area contributed by atoms with Crippen molar-refractivity contribution < 1.29 is 9.53 Å². The summed E-state index contributed by atoms with van der Waals surface area (Å²) in [4.78, 5) is 14.0. The number of rotatable bonds is 10. The SMILES string of the molecule is COC(=O)c1cccc(CCN(C)CCCC(C#N)(c2ccc(C)c(C)c2)C(C)C)c1. The first-order chi connectivity index (χ1) is 14.7. The van der Waals surface area contributed by atoms with Crippen molar-refractivity contribution in [2.75, 3.05) is 27.2 Å². The van der Waals surface area contributed by atoms with Gasteiger partial charge >= 0.3 is 5.97 Å². The maximum absolute atomic E-state index is 11.7. The Morgan fingerprint density at radius 3 is 2.48 bits per heavy atom. The van der Waals surface area contributed by atoms with Gasteiger partial charge in [-0.1, -0.05) is 44.2 Å². The highest BCUT2D eigenvalue weighted by Gasteiger charge is 2.35. The summed E-state index contributed by atoms with van der Waals surface area (Å²) in [6.07, 6.45) is 2.66. The van der Waals surface area contributed by atoms with Crippen molar-refractivity contribution in [1.29, 1.82) is 5.26 Å². The van der Waals surface area contributed by atoms with Crippen molar-refractivity contribution in [3.63, 3.8) is 0 Å². The maximum atomic E-state index is 11.7. The Balaban J connectivity index is 1.97. The molecule has 1 unspecified atom stereocenters. The molecule has 2 aromatic rings. The van der Waals surface area contributed by atoms with E-state index < -0.39 is 5.41 Å². The average molecular weight is 421 g/mol. The normalized spacial score (nSPS) is 13.1. The number of methoxy groups -OCH3 is 1. The molecule has 0 aliphatic rings. The number of hydrogen-bond acceptors (Lipinski definition) is 4. The van der Waals surface area contributed by atoms with Crippen LogP contribution in [0.5, 0.6) is 0 Å². The monoisotopic (exact) mass is 420 g/mol. The smallest absolute Gasteiger partial charge is 0.337 e. The molecule has 4 heteroatoms. The van der Waals surface area contributed by atoms with E-state index in [4.69, 9.17) is 4.74 Å². The van der Waals surface area contributed by atoms with Crippen molar-refractivity contribution in [2.45, 2.75) is 52.4 Å². The molecule has 0 bridgehead atoms. The van der Waals surface area contributed by atoms with Crippen molar-refractivity contribution in [2.24, 2.45) is 5.92 Å². The number of likely N-dealkylation sites (N-methyl/N-ethyl adjacent to an activating group) is 1. The fraction of sp³-hybridized carbons (Fsp3) is 0.481. The summed E-state index contributed by atoms with van der Waals surface area (Å²) in [5, 5.41) is 10.2. The zero-order chi connectivity index (χ0) is 23.0. The van der Waals surface area contributed by atoms with Crippen LogP contribution in [0.4, 0.5) is 0 Å². The Kier molecular flexibility index (Phi) is 8.83. The fourth-order valence-corrected chi connectivity index (χ4v) is 4.07. The molecule has 4 nitrogen and oxygen atoms in total. The van der Waals surface area contributed by atoms with Gasteiger partial charge in [0.1, 0.15) is 0 Å². The van der Waals surface area contributed by atoms with Gasteiger partial charge in [0, 0.05) is 6.54 Å². The predicted octanol–water partition coefficient (Wildman–Crippen LogP) is 5.46. The first-order valence-corrected chi connectivity index (χ1v) is 11.1. The molecule has 0 aliphatic heterocycles. The fourth-order valence-electron chi connectivity index (χ4n) is 4.07. The van der Waals surface area contributed by atoms with Crippen LogP contribution in [0.1, 0.15) is 59.3 Å². The standard InChI is InChI=1S/C27H36N2O2/c1-20(2)27(19-28,25-12-11-21(3)22(4)17-25)14-8-15-29(5)16-13-23-9-7-10-24(18-23)26(30)31-6/h7,9-12,17-18,20H,8,13-16H2,1-6H3. The molecule has 0 saturated carbocycles. The second-order valence-corrected chi connectivity index (χ2v) is 8.89. The van der Waals surface area contributed by atoms with Crippen LogP contribution in [0.2, 0.25) is 0 Å². The summed E-state index contributed by atoms with van der Waals surface area (Å²) in [5.74, 6) is -0.0611. The molecule has 0 amide bonds. The summed E-state index contributed by atoms with van der Waals surface area (Å²) < 4.78 is 4.81. The first kappa shape index (κ1) is 24.6. The second-order valence-electron chi connectivity index (χ2n) is 8.89. The maximum Gasteiger partial charge on any atom is 0.337 e. The first-order valence-electron chi connectivity index (χ1n) is 11.1. The highest BCUT2D eigenvalue weighted by molar-refractivity contribution is 5.89. The summed E-state index contributed by atoms with van der Waals surface area (Å²) in [6, 6.07) is 16.7. The molecule has 0 heterocycles. The molecule has 166 valence electrons. The Labute approximate surface area is 187 Å². The molecule has 0 aromatic heterocycles. The number of carbonyl (C=O) groups is 1. The largest absolute Gasteiger partial charge is 0.465 e. The number of benzene rings is 2. The molecule has 0 N–H and O–H groups in total. The van der Waals surface area contributed by atoms with Gasteiger partial charge in [-0.15, -0.1) is 0 Å². The molecule has 2 aromatic carbocycles. The highest BCUT2D eigenvalue weighted by Crippen LogP contribution is 2.37. The lowest BCUT2D eigenvalue weighted by molar-refractivity contribution is 0.0600. The van der Waals surface area contributed by atoms with Gasteiger partial charge in [-0.05, 0) is 87.0 Å². The Morgan fingerprint density at radius 2 is 1.87 bits per heavy atom. The van der Waals surface area contributed by atoms with E-state index in [1.54, 1.807) is 6.07 Å². The molecule has 0 fully saturated rings. The van der Waals surface area contributed by atoms with Gasteiger partial charge in [0.25, 0.3) is 0 Å². The molecule has 0 saturated heterocycles. The van der Waals surface area contributed by atoms with Crippen molar-refractivity contribution in [1.82, 2.24) is 4.90 Å². The van der Waals surface area contributed by atoms with Crippen LogP contribution in [-0.2, 0) is 16.6 Å². The quantitative estimate of drug-likeness (QED) is 0.479. The number of ether oxygens (including phenoxy) is 1. The number of carbonyl (C=O) groups excluding carboxylic acids is 1. The van der Waals surface area contributed by atoms with Gasteiger partial charge < -0.3 is 9.64 Å². The van der Waals surface area contributed by atoms with E-state index in [1.807, 2.05) is 18.2 Å². The molecule has 0 radical (unpaired) electrons. The minimum Gasteiger partial charge on any atom is -0.465 e. The molecule has 2 rings (SSSR count). The number of esters is 1. The Bertz CT molecular complexity index is 929. The lowest BCUT2D eigenvalue weighted by Gasteiger charge is -2.32. The zero-order valence-electron chi connectivity index (χ0n) is 19.9. The molecule has 1 atom stereocenters. The van der Waals surface area contributed by atoms with Gasteiger partial charge in [0.15, 0.2) is 0 Å². The van der Waals surface area contributed by atoms with Crippen LogP contribution < -0.4 is 0 Å². The molecular formula is C27H36N2O2. The van der Waals surface area contributed by atoms with Crippen LogP contribution in [-0.4, -0.2) is 38.1 Å². The van der Waals surface area contributed by atoms with E-state index in [2.05, 4.69) is 63.9 Å². The number of nitriles is 1.